The van der Waals surface area contributed by atoms with Crippen molar-refractivity contribution in [2.24, 2.45) is 4.99 Å². The number of ether oxygens (including phenoxy) is 1. The molecular weight excluding hydrogens is 438 g/mol. The van der Waals surface area contributed by atoms with Crippen molar-refractivity contribution in [1.82, 2.24) is 4.72 Å². The van der Waals surface area contributed by atoms with E-state index in [1.807, 2.05) is 0 Å². The molecule has 3 rings (SSSR count). The number of aliphatic imine (C=N–C) groups is 1. The minimum Gasteiger partial charge on any atom is -0.454 e. The normalized spacial score (nSPS) is 15.7. The first-order valence-corrected chi connectivity index (χ1v) is 10.0. The fourth-order valence-corrected chi connectivity index (χ4v) is 3.83. The van der Waals surface area contributed by atoms with Crippen molar-refractivity contribution in [3.63, 3.8) is 0 Å². The molecule has 0 radical (unpaired) electrons. The predicted octanol–water partition coefficient (Wildman–Crippen LogP) is 1.67. The smallest absolute Gasteiger partial charge is 0.328 e. The van der Waals surface area contributed by atoms with Crippen LogP contribution in [0.3, 0.4) is 0 Å². The molecule has 0 saturated carbocycles. The lowest BCUT2D eigenvalue weighted by atomic mass is 10.2. The van der Waals surface area contributed by atoms with Gasteiger partial charge >= 0.3 is 5.97 Å². The molecule has 1 aliphatic rings. The van der Waals surface area contributed by atoms with Crippen LogP contribution in [0, 0.1) is 0 Å². The summed E-state index contributed by atoms with van der Waals surface area (Å²) < 4.78 is 31.9. The molecule has 10 heteroatoms. The number of esters is 1. The largest absolute Gasteiger partial charge is 0.454 e. The van der Waals surface area contributed by atoms with E-state index in [0.29, 0.717) is 11.3 Å². The maximum absolute atomic E-state index is 12.0. The van der Waals surface area contributed by atoms with Crippen molar-refractivity contribution >= 4 is 49.4 Å². The van der Waals surface area contributed by atoms with Gasteiger partial charge in [-0.25, -0.2) is 8.42 Å². The van der Waals surface area contributed by atoms with Crippen LogP contribution < -0.4 is 10.0 Å². The van der Waals surface area contributed by atoms with Crippen molar-refractivity contribution in [2.75, 3.05) is 18.5 Å². The van der Waals surface area contributed by atoms with Crippen LogP contribution in [-0.4, -0.2) is 39.3 Å². The highest BCUT2D eigenvalue weighted by Crippen LogP contribution is 2.22. The first kappa shape index (κ1) is 19.1. The van der Waals surface area contributed by atoms with E-state index in [4.69, 9.17) is 4.74 Å². The second-order valence-electron chi connectivity index (χ2n) is 5.48. The first-order chi connectivity index (χ1) is 12.8. The van der Waals surface area contributed by atoms with Crippen LogP contribution in [0.15, 0.2) is 62.9 Å². The maximum atomic E-state index is 12.0. The molecule has 0 bridgehead atoms. The summed E-state index contributed by atoms with van der Waals surface area (Å²) in [4.78, 5) is 27.6. The van der Waals surface area contributed by atoms with Gasteiger partial charge in [0, 0.05) is 15.7 Å². The SMILES string of the molecule is O=C(COC(=O)CN=C1NS(=O)(=O)c2ccccc21)Nc1ccc(Br)cc1. The second-order valence-corrected chi connectivity index (χ2v) is 8.05. The van der Waals surface area contributed by atoms with Crippen LogP contribution in [0.4, 0.5) is 5.69 Å². The van der Waals surface area contributed by atoms with Gasteiger partial charge in [0.1, 0.15) is 12.4 Å². The molecule has 27 heavy (non-hydrogen) atoms. The lowest BCUT2D eigenvalue weighted by Crippen LogP contribution is -2.25. The van der Waals surface area contributed by atoms with Gasteiger partial charge in [-0.3, -0.25) is 19.3 Å². The summed E-state index contributed by atoms with van der Waals surface area (Å²) >= 11 is 3.29. The van der Waals surface area contributed by atoms with E-state index in [-0.39, 0.29) is 10.7 Å². The summed E-state index contributed by atoms with van der Waals surface area (Å²) in [7, 11) is -3.67. The van der Waals surface area contributed by atoms with E-state index in [1.54, 1.807) is 42.5 Å². The maximum Gasteiger partial charge on any atom is 0.328 e. The Morgan fingerprint density at radius 3 is 2.56 bits per heavy atom. The molecule has 0 aliphatic carbocycles. The van der Waals surface area contributed by atoms with Crippen molar-refractivity contribution in [3.05, 3.63) is 58.6 Å². The van der Waals surface area contributed by atoms with E-state index in [2.05, 4.69) is 31.0 Å². The fourth-order valence-electron chi connectivity index (χ4n) is 2.32. The molecule has 0 aromatic heterocycles. The fraction of sp³-hybridized carbons (Fsp3) is 0.118. The van der Waals surface area contributed by atoms with Crippen molar-refractivity contribution in [1.29, 1.82) is 0 Å². The average Bonchev–Trinajstić information content (AvgIpc) is 2.91. The first-order valence-electron chi connectivity index (χ1n) is 7.73. The summed E-state index contributed by atoms with van der Waals surface area (Å²) in [6.07, 6.45) is 0. The predicted molar refractivity (Wildman–Crippen MR) is 102 cm³/mol. The number of fused-ring (bicyclic) bond motifs is 1. The number of nitrogens with zero attached hydrogens (tertiary/aromatic N) is 1. The van der Waals surface area contributed by atoms with Gasteiger partial charge in [-0.05, 0) is 36.4 Å². The number of hydrogen-bond acceptors (Lipinski definition) is 6. The van der Waals surface area contributed by atoms with Crippen molar-refractivity contribution in [3.8, 4) is 0 Å². The van der Waals surface area contributed by atoms with Crippen LogP contribution in [0.25, 0.3) is 0 Å². The third-order valence-electron chi connectivity index (χ3n) is 3.52. The molecule has 0 unspecified atom stereocenters. The molecule has 2 aromatic rings. The Bertz CT molecular complexity index is 1020. The summed E-state index contributed by atoms with van der Waals surface area (Å²) in [5, 5.41) is 2.58. The Kier molecular flexibility index (Phi) is 5.57. The van der Waals surface area contributed by atoms with E-state index in [1.165, 1.54) is 6.07 Å². The van der Waals surface area contributed by atoms with Gasteiger partial charge in [0.15, 0.2) is 6.61 Å². The number of amidine groups is 1. The van der Waals surface area contributed by atoms with Crippen molar-refractivity contribution in [2.45, 2.75) is 4.90 Å². The quantitative estimate of drug-likeness (QED) is 0.671. The average molecular weight is 452 g/mol. The third-order valence-corrected chi connectivity index (χ3v) is 5.45. The number of hydrogen-bond donors (Lipinski definition) is 2. The summed E-state index contributed by atoms with van der Waals surface area (Å²) in [5.41, 5.74) is 0.953. The standard InChI is InChI=1S/C17H14BrN3O5S/c18-11-5-7-12(8-6-11)20-15(22)10-26-16(23)9-19-17-13-3-1-2-4-14(13)27(24,25)21-17/h1-8H,9-10H2,(H,19,21)(H,20,22). The molecule has 140 valence electrons. The second kappa shape index (κ2) is 7.89. The van der Waals surface area contributed by atoms with Gasteiger partial charge < -0.3 is 10.1 Å². The van der Waals surface area contributed by atoms with Gasteiger partial charge in [0.05, 0.1) is 4.90 Å². The Balaban J connectivity index is 1.54. The minimum atomic E-state index is -3.67. The molecule has 2 aromatic carbocycles. The zero-order valence-electron chi connectivity index (χ0n) is 13.8. The Morgan fingerprint density at radius 1 is 1.11 bits per heavy atom. The summed E-state index contributed by atoms with van der Waals surface area (Å²) in [6.45, 7) is -0.889. The van der Waals surface area contributed by atoms with Crippen molar-refractivity contribution < 1.29 is 22.7 Å². The monoisotopic (exact) mass is 451 g/mol. The zero-order chi connectivity index (χ0) is 19.4. The van der Waals surface area contributed by atoms with Crippen LogP contribution >= 0.6 is 15.9 Å². The van der Waals surface area contributed by atoms with Gasteiger partial charge in [0.2, 0.25) is 0 Å². The molecule has 2 N–H and O–H groups in total. The van der Waals surface area contributed by atoms with Gasteiger partial charge in [-0.1, -0.05) is 28.1 Å². The molecule has 0 spiro atoms. The third kappa shape index (κ3) is 4.72. The number of amides is 1. The molecule has 8 nitrogen and oxygen atoms in total. The topological polar surface area (TPSA) is 114 Å². The number of carbonyl (C=O) groups excluding carboxylic acids is 2. The Labute approximate surface area is 163 Å². The van der Waals surface area contributed by atoms with Crippen LogP contribution in [-0.2, 0) is 24.3 Å². The number of carbonyl (C=O) groups is 2. The molecule has 0 saturated heterocycles. The lowest BCUT2D eigenvalue weighted by molar-refractivity contribution is -0.145. The van der Waals surface area contributed by atoms with E-state index in [9.17, 15) is 18.0 Å². The zero-order valence-corrected chi connectivity index (χ0v) is 16.2. The highest BCUT2D eigenvalue weighted by atomic mass is 79.9. The van der Waals surface area contributed by atoms with Crippen LogP contribution in [0.5, 0.6) is 0 Å². The number of rotatable bonds is 5. The lowest BCUT2D eigenvalue weighted by Gasteiger charge is -2.06. The van der Waals surface area contributed by atoms with Crippen LogP contribution in [0.2, 0.25) is 0 Å². The molecular formula is C17H14BrN3O5S. The highest BCUT2D eigenvalue weighted by Gasteiger charge is 2.30. The summed E-state index contributed by atoms with van der Waals surface area (Å²) in [5.74, 6) is -1.18. The van der Waals surface area contributed by atoms with Gasteiger partial charge in [0.25, 0.3) is 15.9 Å². The number of nitrogens with one attached hydrogen (secondary N) is 2. The Morgan fingerprint density at radius 2 is 1.81 bits per heavy atom. The molecule has 0 fully saturated rings. The van der Waals surface area contributed by atoms with E-state index in [0.717, 1.165) is 4.47 Å². The molecule has 1 heterocycles. The van der Waals surface area contributed by atoms with E-state index >= 15 is 0 Å². The summed E-state index contributed by atoms with van der Waals surface area (Å²) in [6, 6.07) is 13.2. The van der Waals surface area contributed by atoms with Gasteiger partial charge in [-0.15, -0.1) is 0 Å². The molecule has 1 aliphatic heterocycles. The van der Waals surface area contributed by atoms with Crippen LogP contribution in [0.1, 0.15) is 5.56 Å². The Hall–Kier alpha value is -2.72. The number of halogens is 1. The minimum absolute atomic E-state index is 0.0712. The molecule has 0 atom stereocenters. The highest BCUT2D eigenvalue weighted by molar-refractivity contribution is 9.10. The van der Waals surface area contributed by atoms with E-state index < -0.39 is 35.1 Å². The molecule has 1 amide bonds. The number of benzene rings is 2. The number of sulfonamides is 1. The number of anilines is 1. The van der Waals surface area contributed by atoms with Gasteiger partial charge in [-0.2, -0.15) is 0 Å².